The number of carbonyl (C=O) groups excluding carboxylic acids is 1. The molecule has 0 bridgehead atoms. The van der Waals surface area contributed by atoms with Crippen LogP contribution in [0.15, 0.2) is 0 Å². The lowest BCUT2D eigenvalue weighted by molar-refractivity contribution is -0.122. The maximum atomic E-state index is 11.8. The second-order valence-electron chi connectivity index (χ2n) is 5.48. The topological polar surface area (TPSA) is 17.1 Å². The normalized spacial score (nSPS) is 53.9. The van der Waals surface area contributed by atoms with E-state index < -0.39 is 0 Å². The summed E-state index contributed by atoms with van der Waals surface area (Å²) < 4.78 is 0. The van der Waals surface area contributed by atoms with E-state index in [4.69, 9.17) is 0 Å². The van der Waals surface area contributed by atoms with E-state index in [1.165, 1.54) is 32.1 Å². The molecule has 0 aliphatic heterocycles. The predicted molar refractivity (Wildman–Crippen MR) is 51.3 cm³/mol. The van der Waals surface area contributed by atoms with Crippen LogP contribution in [0, 0.1) is 23.2 Å². The first kappa shape index (κ1) is 8.02. The van der Waals surface area contributed by atoms with Crippen LogP contribution in [0.2, 0.25) is 0 Å². The molecule has 1 nitrogen and oxygen atoms in total. The monoisotopic (exact) mass is 178 g/mol. The predicted octanol–water partition coefficient (Wildman–Crippen LogP) is 2.79. The van der Waals surface area contributed by atoms with Crippen molar-refractivity contribution in [1.29, 1.82) is 0 Å². The quantitative estimate of drug-likeness (QED) is 0.557. The summed E-state index contributed by atoms with van der Waals surface area (Å²) >= 11 is 0. The van der Waals surface area contributed by atoms with Crippen LogP contribution in [0.1, 0.15) is 45.4 Å². The van der Waals surface area contributed by atoms with E-state index in [9.17, 15) is 4.79 Å². The molecular formula is C12H18O. The third-order valence-corrected chi connectivity index (χ3v) is 5.04. The van der Waals surface area contributed by atoms with Gasteiger partial charge < -0.3 is 0 Å². The van der Waals surface area contributed by atoms with Gasteiger partial charge >= 0.3 is 0 Å². The van der Waals surface area contributed by atoms with Crippen molar-refractivity contribution in [2.75, 3.05) is 0 Å². The van der Waals surface area contributed by atoms with Gasteiger partial charge in [0.15, 0.2) is 0 Å². The first-order chi connectivity index (χ1) is 6.24. The van der Waals surface area contributed by atoms with E-state index in [1.807, 2.05) is 0 Å². The van der Waals surface area contributed by atoms with Gasteiger partial charge in [-0.05, 0) is 42.9 Å². The fourth-order valence-corrected chi connectivity index (χ4v) is 4.72. The van der Waals surface area contributed by atoms with Crippen LogP contribution in [0.4, 0.5) is 0 Å². The minimum Gasteiger partial charge on any atom is -0.299 e. The van der Waals surface area contributed by atoms with Gasteiger partial charge in [0, 0.05) is 12.3 Å². The van der Waals surface area contributed by atoms with E-state index in [0.717, 1.165) is 12.3 Å². The first-order valence-corrected chi connectivity index (χ1v) is 5.77. The van der Waals surface area contributed by atoms with Crippen LogP contribution in [-0.4, -0.2) is 5.78 Å². The maximum Gasteiger partial charge on any atom is 0.136 e. The van der Waals surface area contributed by atoms with Crippen molar-refractivity contribution in [2.24, 2.45) is 23.2 Å². The van der Waals surface area contributed by atoms with Gasteiger partial charge in [-0.15, -0.1) is 0 Å². The molecule has 4 atom stereocenters. The zero-order valence-electron chi connectivity index (χ0n) is 8.38. The van der Waals surface area contributed by atoms with Gasteiger partial charge in [-0.3, -0.25) is 4.79 Å². The number of ketones is 1. The number of hydrogen-bond acceptors (Lipinski definition) is 1. The van der Waals surface area contributed by atoms with Crippen molar-refractivity contribution in [3.05, 3.63) is 0 Å². The molecule has 0 N–H and O–H groups in total. The third-order valence-electron chi connectivity index (χ3n) is 5.04. The molecular weight excluding hydrogens is 160 g/mol. The summed E-state index contributed by atoms with van der Waals surface area (Å²) in [6.45, 7) is 2.30. The largest absolute Gasteiger partial charge is 0.299 e. The third kappa shape index (κ3) is 0.812. The fourth-order valence-electron chi connectivity index (χ4n) is 4.72. The number of Topliss-reactive ketones (excluding diaryl/α,β-unsaturated/α-hetero) is 1. The van der Waals surface area contributed by atoms with Gasteiger partial charge in [0.25, 0.3) is 0 Å². The zero-order chi connectivity index (χ0) is 9.05. The Balaban J connectivity index is 2.03. The van der Waals surface area contributed by atoms with Crippen molar-refractivity contribution in [3.63, 3.8) is 0 Å². The van der Waals surface area contributed by atoms with Gasteiger partial charge in [-0.2, -0.15) is 0 Å². The SMILES string of the molecule is C[C@H]1C[C@@H]2CCC[C@@]23CCC(=O)[C@@H]13. The molecule has 13 heavy (non-hydrogen) atoms. The molecule has 3 saturated carbocycles. The molecule has 3 rings (SSSR count). The minimum absolute atomic E-state index is 0.472. The molecule has 0 unspecified atom stereocenters. The van der Waals surface area contributed by atoms with E-state index in [0.29, 0.717) is 23.0 Å². The number of hydrogen-bond donors (Lipinski definition) is 0. The summed E-state index contributed by atoms with van der Waals surface area (Å²) in [5, 5.41) is 0. The van der Waals surface area contributed by atoms with Crippen molar-refractivity contribution in [3.8, 4) is 0 Å². The van der Waals surface area contributed by atoms with Crippen LogP contribution < -0.4 is 0 Å². The Labute approximate surface area is 79.9 Å². The first-order valence-electron chi connectivity index (χ1n) is 5.77. The van der Waals surface area contributed by atoms with E-state index in [2.05, 4.69) is 6.92 Å². The lowest BCUT2D eigenvalue weighted by Crippen LogP contribution is -2.26. The van der Waals surface area contributed by atoms with Gasteiger partial charge in [-0.1, -0.05) is 13.3 Å². The minimum atomic E-state index is 0.472. The Morgan fingerprint density at radius 2 is 2.23 bits per heavy atom. The Morgan fingerprint density at radius 1 is 1.38 bits per heavy atom. The molecule has 3 aliphatic carbocycles. The summed E-state index contributed by atoms with van der Waals surface area (Å²) in [4.78, 5) is 11.8. The van der Waals surface area contributed by atoms with Gasteiger partial charge in [0.2, 0.25) is 0 Å². The molecule has 0 saturated heterocycles. The Bertz CT molecular complexity index is 258. The second-order valence-corrected chi connectivity index (χ2v) is 5.48. The van der Waals surface area contributed by atoms with Gasteiger partial charge in [-0.25, -0.2) is 0 Å². The summed E-state index contributed by atoms with van der Waals surface area (Å²) in [6, 6.07) is 0. The standard InChI is InChI=1S/C12H18O/c1-8-7-9-3-2-5-12(9)6-4-10(13)11(8)12/h8-9,11H,2-7H2,1H3/t8-,9-,11+,12+/m0/s1. The Kier molecular flexibility index (Phi) is 1.46. The summed E-state index contributed by atoms with van der Waals surface area (Å²) in [7, 11) is 0. The molecule has 1 spiro atoms. The highest BCUT2D eigenvalue weighted by molar-refractivity contribution is 5.85. The second kappa shape index (κ2) is 2.37. The van der Waals surface area contributed by atoms with Crippen LogP contribution >= 0.6 is 0 Å². The highest BCUT2D eigenvalue weighted by Gasteiger charge is 2.60. The molecule has 0 radical (unpaired) electrons. The van der Waals surface area contributed by atoms with E-state index in [1.54, 1.807) is 0 Å². The smallest absolute Gasteiger partial charge is 0.136 e. The van der Waals surface area contributed by atoms with E-state index in [-0.39, 0.29) is 0 Å². The maximum absolute atomic E-state index is 11.8. The molecule has 0 amide bonds. The van der Waals surface area contributed by atoms with Gasteiger partial charge in [0.1, 0.15) is 5.78 Å². The van der Waals surface area contributed by atoms with Crippen molar-refractivity contribution in [2.45, 2.75) is 45.4 Å². The summed E-state index contributed by atoms with van der Waals surface area (Å²) in [5.41, 5.74) is 0.510. The van der Waals surface area contributed by atoms with Crippen LogP contribution in [-0.2, 0) is 4.79 Å². The summed E-state index contributed by atoms with van der Waals surface area (Å²) in [5.74, 6) is 2.68. The molecule has 0 aromatic rings. The molecule has 3 fully saturated rings. The highest BCUT2D eigenvalue weighted by atomic mass is 16.1. The Hall–Kier alpha value is -0.330. The van der Waals surface area contributed by atoms with Crippen LogP contribution in [0.3, 0.4) is 0 Å². The zero-order valence-corrected chi connectivity index (χ0v) is 8.38. The van der Waals surface area contributed by atoms with Crippen LogP contribution in [0.5, 0.6) is 0 Å². The lowest BCUT2D eigenvalue weighted by atomic mass is 9.74. The van der Waals surface area contributed by atoms with Crippen LogP contribution in [0.25, 0.3) is 0 Å². The molecule has 0 aromatic carbocycles. The van der Waals surface area contributed by atoms with E-state index >= 15 is 0 Å². The Morgan fingerprint density at radius 3 is 3.08 bits per heavy atom. The lowest BCUT2D eigenvalue weighted by Gasteiger charge is -2.28. The molecule has 3 aliphatic rings. The highest BCUT2D eigenvalue weighted by Crippen LogP contribution is 2.65. The average molecular weight is 178 g/mol. The number of carbonyl (C=O) groups is 1. The average Bonchev–Trinajstić information content (AvgIpc) is 2.65. The fraction of sp³-hybridized carbons (Fsp3) is 0.917. The molecule has 0 heterocycles. The van der Waals surface area contributed by atoms with Gasteiger partial charge in [0.05, 0.1) is 0 Å². The summed E-state index contributed by atoms with van der Waals surface area (Å²) in [6.07, 6.45) is 7.63. The molecule has 72 valence electrons. The number of rotatable bonds is 0. The van der Waals surface area contributed by atoms with Crippen molar-refractivity contribution in [1.82, 2.24) is 0 Å². The van der Waals surface area contributed by atoms with Crippen molar-refractivity contribution >= 4 is 5.78 Å². The molecule has 1 heteroatoms. The van der Waals surface area contributed by atoms with Crippen molar-refractivity contribution < 1.29 is 4.79 Å². The molecule has 0 aromatic heterocycles.